The molecule has 0 radical (unpaired) electrons. The molecule has 1 amide bonds. The van der Waals surface area contributed by atoms with Crippen molar-refractivity contribution in [1.29, 1.82) is 0 Å². The average molecular weight is 158 g/mol. The van der Waals surface area contributed by atoms with Gasteiger partial charge in [0, 0.05) is 7.05 Å². The molecule has 0 aromatic heterocycles. The minimum atomic E-state index is 0.0787. The zero-order valence-corrected chi connectivity index (χ0v) is 7.61. The Labute approximate surface area is 68.6 Å². The van der Waals surface area contributed by atoms with Crippen LogP contribution >= 0.6 is 0 Å². The number of hydrogen-bond acceptors (Lipinski definition) is 2. The monoisotopic (exact) mass is 158 g/mol. The van der Waals surface area contributed by atoms with E-state index in [-0.39, 0.29) is 11.9 Å². The highest BCUT2D eigenvalue weighted by Crippen LogP contribution is 2.03. The predicted octanol–water partition coefficient (Wildman–Crippen LogP) is 0.511. The molecule has 11 heavy (non-hydrogen) atoms. The van der Waals surface area contributed by atoms with Gasteiger partial charge in [0.15, 0.2) is 0 Å². The van der Waals surface area contributed by atoms with Crippen LogP contribution in [-0.2, 0) is 4.79 Å². The van der Waals surface area contributed by atoms with E-state index >= 15 is 0 Å². The molecule has 66 valence electrons. The van der Waals surface area contributed by atoms with Gasteiger partial charge < -0.3 is 10.6 Å². The summed E-state index contributed by atoms with van der Waals surface area (Å²) in [5.74, 6) is 0.118. The molecule has 0 aromatic rings. The Morgan fingerprint density at radius 1 is 1.55 bits per heavy atom. The predicted molar refractivity (Wildman–Crippen MR) is 46.4 cm³/mol. The van der Waals surface area contributed by atoms with Gasteiger partial charge in [-0.05, 0) is 19.4 Å². The van der Waals surface area contributed by atoms with Gasteiger partial charge in [0.2, 0.25) is 5.91 Å². The molecule has 0 saturated carbocycles. The van der Waals surface area contributed by atoms with Crippen LogP contribution in [0.15, 0.2) is 0 Å². The summed E-state index contributed by atoms with van der Waals surface area (Å²) in [5, 5.41) is 5.70. The molecule has 1 heterocycles. The second-order valence-electron chi connectivity index (χ2n) is 2.26. The van der Waals surface area contributed by atoms with Crippen molar-refractivity contribution in [3.05, 3.63) is 0 Å². The second kappa shape index (κ2) is 6.16. The van der Waals surface area contributed by atoms with Crippen molar-refractivity contribution in [3.8, 4) is 0 Å². The molecule has 2 N–H and O–H groups in total. The van der Waals surface area contributed by atoms with Crippen LogP contribution in [0.1, 0.15) is 26.7 Å². The van der Waals surface area contributed by atoms with Gasteiger partial charge in [-0.2, -0.15) is 0 Å². The molecule has 1 fully saturated rings. The highest BCUT2D eigenvalue weighted by Gasteiger charge is 2.19. The first-order valence-corrected chi connectivity index (χ1v) is 4.29. The van der Waals surface area contributed by atoms with Crippen LogP contribution in [0.25, 0.3) is 0 Å². The Morgan fingerprint density at radius 3 is 2.55 bits per heavy atom. The molecule has 1 rings (SSSR count). The molecule has 1 aliphatic rings. The molecule has 0 bridgehead atoms. The van der Waals surface area contributed by atoms with E-state index in [1.54, 1.807) is 7.05 Å². The van der Waals surface area contributed by atoms with Crippen LogP contribution in [0.2, 0.25) is 0 Å². The van der Waals surface area contributed by atoms with Crippen molar-refractivity contribution in [2.75, 3.05) is 13.6 Å². The number of carbonyl (C=O) groups is 1. The standard InChI is InChI=1S/C6H12N2O.C2H6/c1-7-6(9)5-3-2-4-8-5;1-2/h5,8H,2-4H2,1H3,(H,7,9);1-2H3/t5-;/m0./s1. The van der Waals surface area contributed by atoms with Crippen molar-refractivity contribution in [2.24, 2.45) is 0 Å². The first-order valence-electron chi connectivity index (χ1n) is 4.29. The third kappa shape index (κ3) is 3.37. The van der Waals surface area contributed by atoms with Gasteiger partial charge in [0.25, 0.3) is 0 Å². The van der Waals surface area contributed by atoms with Crippen LogP contribution in [-0.4, -0.2) is 25.5 Å². The molecule has 1 atom stereocenters. The fourth-order valence-electron chi connectivity index (χ4n) is 1.08. The normalized spacial score (nSPS) is 21.9. The summed E-state index contributed by atoms with van der Waals surface area (Å²) >= 11 is 0. The van der Waals surface area contributed by atoms with E-state index in [1.807, 2.05) is 13.8 Å². The van der Waals surface area contributed by atoms with Crippen LogP contribution in [0.5, 0.6) is 0 Å². The molecular weight excluding hydrogens is 140 g/mol. The van der Waals surface area contributed by atoms with Gasteiger partial charge in [0.1, 0.15) is 0 Å². The Morgan fingerprint density at radius 2 is 2.18 bits per heavy atom. The van der Waals surface area contributed by atoms with E-state index in [0.29, 0.717) is 0 Å². The molecular formula is C8H18N2O. The van der Waals surface area contributed by atoms with Crippen LogP contribution in [0, 0.1) is 0 Å². The molecule has 0 spiro atoms. The molecule has 3 nitrogen and oxygen atoms in total. The fourth-order valence-corrected chi connectivity index (χ4v) is 1.08. The lowest BCUT2D eigenvalue weighted by molar-refractivity contribution is -0.122. The average Bonchev–Trinajstić information content (AvgIpc) is 2.59. The number of hydrogen-bond donors (Lipinski definition) is 2. The van der Waals surface area contributed by atoms with Crippen molar-refractivity contribution in [1.82, 2.24) is 10.6 Å². The second-order valence-corrected chi connectivity index (χ2v) is 2.26. The lowest BCUT2D eigenvalue weighted by atomic mass is 10.2. The molecule has 0 aliphatic carbocycles. The summed E-state index contributed by atoms with van der Waals surface area (Å²) in [6, 6.07) is 0.0787. The van der Waals surface area contributed by atoms with Crippen molar-refractivity contribution in [3.63, 3.8) is 0 Å². The highest BCUT2D eigenvalue weighted by atomic mass is 16.2. The Hall–Kier alpha value is -0.570. The SMILES string of the molecule is CC.CNC(=O)[C@@H]1CCCN1. The first kappa shape index (κ1) is 10.4. The third-order valence-electron chi connectivity index (χ3n) is 1.62. The van der Waals surface area contributed by atoms with Crippen molar-refractivity contribution >= 4 is 5.91 Å². The Bertz CT molecular complexity index is 109. The van der Waals surface area contributed by atoms with Crippen LogP contribution in [0.3, 0.4) is 0 Å². The van der Waals surface area contributed by atoms with E-state index in [4.69, 9.17) is 0 Å². The van der Waals surface area contributed by atoms with Gasteiger partial charge in [-0.15, -0.1) is 0 Å². The summed E-state index contributed by atoms with van der Waals surface area (Å²) in [6.45, 7) is 4.98. The van der Waals surface area contributed by atoms with Crippen molar-refractivity contribution < 1.29 is 4.79 Å². The summed E-state index contributed by atoms with van der Waals surface area (Å²) in [6.07, 6.45) is 2.11. The first-order chi connectivity index (χ1) is 5.34. The maximum absolute atomic E-state index is 10.8. The quantitative estimate of drug-likeness (QED) is 0.584. The number of rotatable bonds is 1. The van der Waals surface area contributed by atoms with Gasteiger partial charge in [-0.3, -0.25) is 4.79 Å². The zero-order valence-electron chi connectivity index (χ0n) is 7.61. The lowest BCUT2D eigenvalue weighted by Gasteiger charge is -2.05. The topological polar surface area (TPSA) is 41.1 Å². The van der Waals surface area contributed by atoms with Gasteiger partial charge in [0.05, 0.1) is 6.04 Å². The van der Waals surface area contributed by atoms with E-state index in [2.05, 4.69) is 10.6 Å². The number of likely N-dealkylation sites (N-methyl/N-ethyl adjacent to an activating group) is 1. The number of carbonyl (C=O) groups excluding carboxylic acids is 1. The minimum Gasteiger partial charge on any atom is -0.358 e. The fraction of sp³-hybridized carbons (Fsp3) is 0.875. The van der Waals surface area contributed by atoms with Gasteiger partial charge >= 0.3 is 0 Å². The Kier molecular flexibility index (Phi) is 5.84. The largest absolute Gasteiger partial charge is 0.358 e. The van der Waals surface area contributed by atoms with Gasteiger partial charge in [-0.1, -0.05) is 13.8 Å². The molecule has 3 heteroatoms. The summed E-state index contributed by atoms with van der Waals surface area (Å²) in [5.41, 5.74) is 0. The summed E-state index contributed by atoms with van der Waals surface area (Å²) < 4.78 is 0. The lowest BCUT2D eigenvalue weighted by Crippen LogP contribution is -2.38. The third-order valence-corrected chi connectivity index (χ3v) is 1.62. The molecule has 0 unspecified atom stereocenters. The van der Waals surface area contributed by atoms with Crippen molar-refractivity contribution in [2.45, 2.75) is 32.7 Å². The number of nitrogens with one attached hydrogen (secondary N) is 2. The number of amides is 1. The minimum absolute atomic E-state index is 0.0787. The summed E-state index contributed by atoms with van der Waals surface area (Å²) in [7, 11) is 1.67. The maximum Gasteiger partial charge on any atom is 0.236 e. The van der Waals surface area contributed by atoms with Crippen LogP contribution in [0.4, 0.5) is 0 Å². The van der Waals surface area contributed by atoms with E-state index in [1.165, 1.54) is 0 Å². The van der Waals surface area contributed by atoms with Gasteiger partial charge in [-0.25, -0.2) is 0 Å². The molecule has 1 aliphatic heterocycles. The molecule has 0 aromatic carbocycles. The van der Waals surface area contributed by atoms with E-state index < -0.39 is 0 Å². The van der Waals surface area contributed by atoms with E-state index in [9.17, 15) is 4.79 Å². The Balaban J connectivity index is 0.000000461. The summed E-state index contributed by atoms with van der Waals surface area (Å²) in [4.78, 5) is 10.8. The molecule has 1 saturated heterocycles. The maximum atomic E-state index is 10.8. The highest BCUT2D eigenvalue weighted by molar-refractivity contribution is 5.81. The zero-order chi connectivity index (χ0) is 8.69. The van der Waals surface area contributed by atoms with E-state index in [0.717, 1.165) is 19.4 Å². The van der Waals surface area contributed by atoms with Crippen LogP contribution < -0.4 is 10.6 Å². The smallest absolute Gasteiger partial charge is 0.236 e.